The summed E-state index contributed by atoms with van der Waals surface area (Å²) in [5.74, 6) is 1.88. The van der Waals surface area contributed by atoms with Crippen molar-refractivity contribution in [3.05, 3.63) is 83.9 Å². The fourth-order valence-corrected chi connectivity index (χ4v) is 5.96. The number of fused-ring (bicyclic) bond motifs is 2. The first kappa shape index (κ1) is 22.2. The van der Waals surface area contributed by atoms with Crippen LogP contribution < -0.4 is 19.7 Å². The maximum absolute atomic E-state index is 14.1. The number of carbonyl (C=O) groups is 2. The first-order valence-electron chi connectivity index (χ1n) is 11.0. The molecule has 0 saturated carbocycles. The van der Waals surface area contributed by atoms with Crippen LogP contribution in [-0.2, 0) is 16.2 Å². The number of thioether (sulfide) groups is 1. The Morgan fingerprint density at radius 1 is 1.00 bits per heavy atom. The Labute approximate surface area is 202 Å². The molecule has 3 aromatic carbocycles. The summed E-state index contributed by atoms with van der Waals surface area (Å²) < 4.78 is 10.7. The highest BCUT2D eigenvalue weighted by Gasteiger charge is 2.59. The topological polar surface area (TPSA) is 71.1 Å². The van der Waals surface area contributed by atoms with E-state index in [1.165, 1.54) is 11.8 Å². The highest BCUT2D eigenvalue weighted by Crippen LogP contribution is 2.55. The van der Waals surface area contributed by atoms with Crippen LogP contribution in [0.4, 0.5) is 16.2 Å². The molecular formula is C26H25N3O4S. The molecule has 174 valence electrons. The van der Waals surface area contributed by atoms with Gasteiger partial charge in [-0.05, 0) is 48.0 Å². The van der Waals surface area contributed by atoms with Gasteiger partial charge in [-0.3, -0.25) is 9.69 Å². The van der Waals surface area contributed by atoms with Gasteiger partial charge in [0.05, 0.1) is 26.5 Å². The molecule has 1 N–H and O–H groups in total. The van der Waals surface area contributed by atoms with Crippen LogP contribution in [0.1, 0.15) is 11.1 Å². The lowest BCUT2D eigenvalue weighted by Crippen LogP contribution is -2.51. The Balaban J connectivity index is 1.52. The molecule has 0 radical (unpaired) electrons. The zero-order chi connectivity index (χ0) is 23.7. The van der Waals surface area contributed by atoms with Crippen LogP contribution in [0.15, 0.2) is 72.8 Å². The summed E-state index contributed by atoms with van der Waals surface area (Å²) in [6, 6.07) is 22.3. The Hall–Kier alpha value is -3.65. The maximum atomic E-state index is 14.1. The number of rotatable bonds is 5. The molecule has 3 amide bonds. The van der Waals surface area contributed by atoms with E-state index in [1.807, 2.05) is 48.5 Å². The molecule has 2 heterocycles. The van der Waals surface area contributed by atoms with Crippen molar-refractivity contribution in [3.63, 3.8) is 0 Å². The zero-order valence-corrected chi connectivity index (χ0v) is 19.8. The van der Waals surface area contributed by atoms with Crippen LogP contribution in [0.3, 0.4) is 0 Å². The van der Waals surface area contributed by atoms with Gasteiger partial charge in [-0.2, -0.15) is 0 Å². The standard InChI is InChI=1S/C26H25N3O4S/c1-32-20-10-8-19(9-11-20)27-25(31)29-14-15-34-26(29)22-16-21(33-2)12-13-23(22)28(24(26)30)17-18-6-4-3-5-7-18/h3-13,16H,14-15,17H2,1-2H3,(H,27,31). The van der Waals surface area contributed by atoms with E-state index in [0.29, 0.717) is 36.0 Å². The highest BCUT2D eigenvalue weighted by atomic mass is 32.2. The van der Waals surface area contributed by atoms with Gasteiger partial charge < -0.3 is 19.7 Å². The van der Waals surface area contributed by atoms with Crippen molar-refractivity contribution < 1.29 is 19.1 Å². The van der Waals surface area contributed by atoms with E-state index in [-0.39, 0.29) is 11.9 Å². The summed E-state index contributed by atoms with van der Waals surface area (Å²) in [5.41, 5.74) is 3.23. The Morgan fingerprint density at radius 3 is 2.41 bits per heavy atom. The number of anilines is 2. The van der Waals surface area contributed by atoms with Crippen molar-refractivity contribution in [2.24, 2.45) is 0 Å². The van der Waals surface area contributed by atoms with Gasteiger partial charge >= 0.3 is 6.03 Å². The fraction of sp³-hybridized carbons (Fsp3) is 0.231. The molecule has 1 spiro atoms. The van der Waals surface area contributed by atoms with Gasteiger partial charge in [0.15, 0.2) is 4.87 Å². The third-order valence-electron chi connectivity index (χ3n) is 6.17. The Bertz CT molecular complexity index is 1220. The second kappa shape index (κ2) is 8.95. The number of hydrogen-bond donors (Lipinski definition) is 1. The monoisotopic (exact) mass is 475 g/mol. The van der Waals surface area contributed by atoms with Crippen LogP contribution >= 0.6 is 11.8 Å². The lowest BCUT2D eigenvalue weighted by molar-refractivity contribution is -0.123. The molecule has 0 aliphatic carbocycles. The fourth-order valence-electron chi connectivity index (χ4n) is 4.51. The molecule has 34 heavy (non-hydrogen) atoms. The molecule has 0 aromatic heterocycles. The van der Waals surface area contributed by atoms with Gasteiger partial charge in [-0.1, -0.05) is 30.3 Å². The van der Waals surface area contributed by atoms with Crippen molar-refractivity contribution in [1.82, 2.24) is 4.90 Å². The van der Waals surface area contributed by atoms with E-state index >= 15 is 0 Å². The van der Waals surface area contributed by atoms with Gasteiger partial charge in [0, 0.05) is 23.5 Å². The summed E-state index contributed by atoms with van der Waals surface area (Å²) >= 11 is 1.49. The zero-order valence-electron chi connectivity index (χ0n) is 19.0. The van der Waals surface area contributed by atoms with Crippen molar-refractivity contribution in [3.8, 4) is 11.5 Å². The number of ether oxygens (including phenoxy) is 2. The number of hydrogen-bond acceptors (Lipinski definition) is 5. The number of nitrogens with one attached hydrogen (secondary N) is 1. The number of amides is 3. The Kier molecular flexibility index (Phi) is 5.83. The molecule has 5 rings (SSSR count). The number of carbonyl (C=O) groups excluding carboxylic acids is 2. The van der Waals surface area contributed by atoms with E-state index in [0.717, 1.165) is 16.8 Å². The highest BCUT2D eigenvalue weighted by molar-refractivity contribution is 8.01. The predicted octanol–water partition coefficient (Wildman–Crippen LogP) is 4.68. The number of nitrogens with zero attached hydrogens (tertiary/aromatic N) is 2. The molecule has 1 fully saturated rings. The summed E-state index contributed by atoms with van der Waals surface area (Å²) in [6.45, 7) is 0.878. The van der Waals surface area contributed by atoms with Gasteiger partial charge in [0.25, 0.3) is 5.91 Å². The summed E-state index contributed by atoms with van der Waals surface area (Å²) in [5, 5.41) is 2.95. The van der Waals surface area contributed by atoms with E-state index in [2.05, 4.69) is 5.32 Å². The maximum Gasteiger partial charge on any atom is 0.323 e. The van der Waals surface area contributed by atoms with Crippen LogP contribution in [0, 0.1) is 0 Å². The van der Waals surface area contributed by atoms with Crippen molar-refractivity contribution in [1.29, 1.82) is 0 Å². The van der Waals surface area contributed by atoms with Crippen molar-refractivity contribution in [2.45, 2.75) is 11.4 Å². The molecule has 0 bridgehead atoms. The van der Waals surface area contributed by atoms with Crippen molar-refractivity contribution >= 4 is 35.1 Å². The molecule has 2 aliphatic rings. The summed E-state index contributed by atoms with van der Waals surface area (Å²) in [7, 11) is 3.19. The van der Waals surface area contributed by atoms with Crippen LogP contribution in [0.2, 0.25) is 0 Å². The van der Waals surface area contributed by atoms with Gasteiger partial charge in [0.2, 0.25) is 0 Å². The van der Waals surface area contributed by atoms with E-state index in [1.54, 1.807) is 48.3 Å². The normalized spacial score (nSPS) is 18.8. The molecule has 1 saturated heterocycles. The average Bonchev–Trinajstić information content (AvgIpc) is 3.42. The third kappa shape index (κ3) is 3.64. The Morgan fingerprint density at radius 2 is 1.71 bits per heavy atom. The summed E-state index contributed by atoms with van der Waals surface area (Å²) in [6.07, 6.45) is 0. The second-order valence-electron chi connectivity index (χ2n) is 8.06. The van der Waals surface area contributed by atoms with Gasteiger partial charge in [-0.15, -0.1) is 11.8 Å². The van der Waals surface area contributed by atoms with E-state index < -0.39 is 4.87 Å². The molecular weight excluding hydrogens is 450 g/mol. The lowest BCUT2D eigenvalue weighted by Gasteiger charge is -2.33. The third-order valence-corrected chi connectivity index (χ3v) is 7.59. The first-order chi connectivity index (χ1) is 16.6. The minimum Gasteiger partial charge on any atom is -0.497 e. The molecule has 2 aliphatic heterocycles. The minimum atomic E-state index is -1.14. The van der Waals surface area contributed by atoms with Gasteiger partial charge in [0.1, 0.15) is 11.5 Å². The molecule has 8 heteroatoms. The van der Waals surface area contributed by atoms with Crippen LogP contribution in [0.25, 0.3) is 0 Å². The number of urea groups is 1. The predicted molar refractivity (Wildman–Crippen MR) is 133 cm³/mol. The van der Waals surface area contributed by atoms with Gasteiger partial charge in [-0.25, -0.2) is 4.79 Å². The minimum absolute atomic E-state index is 0.119. The SMILES string of the molecule is COc1ccc(NC(=O)N2CCSC23C(=O)N(Cc2ccccc2)c2ccc(OC)cc23)cc1. The summed E-state index contributed by atoms with van der Waals surface area (Å²) in [4.78, 5) is 29.8. The van der Waals surface area contributed by atoms with Crippen LogP contribution in [0.5, 0.6) is 11.5 Å². The van der Waals surface area contributed by atoms with Crippen LogP contribution in [-0.4, -0.2) is 43.4 Å². The van der Waals surface area contributed by atoms with Crippen molar-refractivity contribution in [2.75, 3.05) is 36.7 Å². The second-order valence-corrected chi connectivity index (χ2v) is 9.35. The number of methoxy groups -OCH3 is 2. The molecule has 7 nitrogen and oxygen atoms in total. The van der Waals surface area contributed by atoms with E-state index in [4.69, 9.17) is 9.47 Å². The average molecular weight is 476 g/mol. The smallest absolute Gasteiger partial charge is 0.323 e. The molecule has 1 atom stereocenters. The largest absolute Gasteiger partial charge is 0.497 e. The first-order valence-corrected chi connectivity index (χ1v) is 12.0. The molecule has 1 unspecified atom stereocenters. The van der Waals surface area contributed by atoms with E-state index in [9.17, 15) is 9.59 Å². The lowest BCUT2D eigenvalue weighted by atomic mass is 10.1. The quantitative estimate of drug-likeness (QED) is 0.580. The number of benzene rings is 3. The molecule has 3 aromatic rings.